The summed E-state index contributed by atoms with van der Waals surface area (Å²) < 4.78 is 0. The minimum Gasteiger partial charge on any atom is -0.261 e. The Kier molecular flexibility index (Phi) is 5.91. The molecule has 2 aromatic heterocycles. The summed E-state index contributed by atoms with van der Waals surface area (Å²) in [6.07, 6.45) is 10.4. The van der Waals surface area contributed by atoms with Crippen LogP contribution in [0.3, 0.4) is 0 Å². The normalized spacial score (nSPS) is 10.1. The Hall–Kier alpha value is -1.84. The molecule has 0 bridgehead atoms. The van der Waals surface area contributed by atoms with Gasteiger partial charge in [-0.25, -0.2) is 9.97 Å². The summed E-state index contributed by atoms with van der Waals surface area (Å²) in [5, 5.41) is 0. The van der Waals surface area contributed by atoms with Gasteiger partial charge in [0.2, 0.25) is 0 Å². The van der Waals surface area contributed by atoms with Gasteiger partial charge in [0.25, 0.3) is 0 Å². The van der Waals surface area contributed by atoms with Gasteiger partial charge in [0.15, 0.2) is 0 Å². The van der Waals surface area contributed by atoms with Crippen LogP contribution in [0.4, 0.5) is 0 Å². The molecule has 2 heterocycles. The highest BCUT2D eigenvalue weighted by Gasteiger charge is 1.96. The molecule has 2 rings (SSSR count). The van der Waals surface area contributed by atoms with Crippen molar-refractivity contribution >= 4 is 0 Å². The van der Waals surface area contributed by atoms with Crippen LogP contribution in [0.5, 0.6) is 0 Å². The molecule has 0 saturated heterocycles. The van der Waals surface area contributed by atoms with Crippen LogP contribution in [0.25, 0.3) is 0 Å². The lowest BCUT2D eigenvalue weighted by molar-refractivity contribution is 0.812. The molecule has 4 nitrogen and oxygen atoms in total. The maximum Gasteiger partial charge on any atom is 0.115 e. The summed E-state index contributed by atoms with van der Waals surface area (Å²) in [6, 6.07) is 0. The number of aromatic nitrogens is 4. The second kappa shape index (κ2) is 7.48. The fraction of sp³-hybridized carbons (Fsp3) is 0.429. The zero-order chi connectivity index (χ0) is 13.4. The summed E-state index contributed by atoms with van der Waals surface area (Å²) in [5.41, 5.74) is 2.25. The van der Waals surface area contributed by atoms with Crippen LogP contribution in [0.15, 0.2) is 37.3 Å². The van der Waals surface area contributed by atoms with E-state index in [4.69, 9.17) is 0 Å². The predicted molar refractivity (Wildman–Crippen MR) is 72.2 cm³/mol. The standard InChI is InChI=1S/2C7H10N2/c1-6(2)7-3-8-5-9-4-7;1-6(2)7-5-8-3-4-9-7/h2*3-6H,1-2H3. The summed E-state index contributed by atoms with van der Waals surface area (Å²) in [4.78, 5) is 15.8. The minimum atomic E-state index is 0.485. The maximum atomic E-state index is 4.12. The van der Waals surface area contributed by atoms with Gasteiger partial charge in [0.05, 0.1) is 5.69 Å². The molecule has 2 aromatic rings. The van der Waals surface area contributed by atoms with E-state index in [0.717, 1.165) is 5.69 Å². The molecule has 0 fully saturated rings. The lowest BCUT2D eigenvalue weighted by atomic mass is 10.1. The first-order chi connectivity index (χ1) is 8.61. The topological polar surface area (TPSA) is 51.6 Å². The van der Waals surface area contributed by atoms with Crippen LogP contribution in [0.2, 0.25) is 0 Å². The second-order valence-electron chi connectivity index (χ2n) is 4.61. The van der Waals surface area contributed by atoms with Gasteiger partial charge in [-0.15, -0.1) is 0 Å². The Balaban J connectivity index is 0.000000180. The Labute approximate surface area is 109 Å². The quantitative estimate of drug-likeness (QED) is 0.814. The van der Waals surface area contributed by atoms with Crippen molar-refractivity contribution in [3.63, 3.8) is 0 Å². The molecule has 0 aliphatic carbocycles. The van der Waals surface area contributed by atoms with Crippen molar-refractivity contribution in [3.05, 3.63) is 48.6 Å². The third kappa shape index (κ3) is 4.99. The number of nitrogens with zero attached hydrogens (tertiary/aromatic N) is 4. The zero-order valence-electron chi connectivity index (χ0n) is 11.4. The summed E-state index contributed by atoms with van der Waals surface area (Å²) in [6.45, 7) is 8.45. The highest BCUT2D eigenvalue weighted by atomic mass is 14.8. The summed E-state index contributed by atoms with van der Waals surface area (Å²) in [5.74, 6) is 1.02. The molecule has 0 spiro atoms. The number of hydrogen-bond donors (Lipinski definition) is 0. The van der Waals surface area contributed by atoms with Crippen LogP contribution in [-0.2, 0) is 0 Å². The molecule has 0 aliphatic heterocycles. The van der Waals surface area contributed by atoms with Gasteiger partial charge in [-0.2, -0.15) is 0 Å². The van der Waals surface area contributed by atoms with E-state index in [1.54, 1.807) is 24.9 Å². The molecule has 0 saturated carbocycles. The lowest BCUT2D eigenvalue weighted by Crippen LogP contribution is -1.91. The van der Waals surface area contributed by atoms with E-state index >= 15 is 0 Å². The Bertz CT molecular complexity index is 383. The fourth-order valence-corrected chi connectivity index (χ4v) is 1.22. The van der Waals surface area contributed by atoms with Crippen molar-refractivity contribution in [2.24, 2.45) is 0 Å². The van der Waals surface area contributed by atoms with Gasteiger partial charge < -0.3 is 0 Å². The summed E-state index contributed by atoms with van der Waals surface area (Å²) >= 11 is 0. The van der Waals surface area contributed by atoms with Crippen molar-refractivity contribution in [2.75, 3.05) is 0 Å². The van der Waals surface area contributed by atoms with Crippen LogP contribution < -0.4 is 0 Å². The maximum absolute atomic E-state index is 4.12. The fourth-order valence-electron chi connectivity index (χ4n) is 1.22. The highest BCUT2D eigenvalue weighted by Crippen LogP contribution is 2.09. The smallest absolute Gasteiger partial charge is 0.115 e. The van der Waals surface area contributed by atoms with Gasteiger partial charge in [-0.1, -0.05) is 27.7 Å². The SMILES string of the molecule is CC(C)c1cnccn1.CC(C)c1cncnc1. The van der Waals surface area contributed by atoms with E-state index < -0.39 is 0 Å². The van der Waals surface area contributed by atoms with Crippen molar-refractivity contribution in [1.29, 1.82) is 0 Å². The third-order valence-corrected chi connectivity index (χ3v) is 2.42. The largest absolute Gasteiger partial charge is 0.261 e. The van der Waals surface area contributed by atoms with Crippen molar-refractivity contribution < 1.29 is 0 Å². The Morgan fingerprint density at radius 1 is 0.778 bits per heavy atom. The van der Waals surface area contributed by atoms with Gasteiger partial charge in [-0.05, 0) is 17.4 Å². The van der Waals surface area contributed by atoms with Crippen LogP contribution in [0.1, 0.15) is 50.8 Å². The Morgan fingerprint density at radius 3 is 1.78 bits per heavy atom. The van der Waals surface area contributed by atoms with E-state index in [9.17, 15) is 0 Å². The second-order valence-corrected chi connectivity index (χ2v) is 4.61. The molecule has 0 aliphatic rings. The molecular formula is C14H20N4. The van der Waals surface area contributed by atoms with E-state index in [1.807, 2.05) is 12.4 Å². The van der Waals surface area contributed by atoms with Gasteiger partial charge in [-0.3, -0.25) is 9.97 Å². The van der Waals surface area contributed by atoms with E-state index in [1.165, 1.54) is 5.56 Å². The summed E-state index contributed by atoms with van der Waals surface area (Å²) in [7, 11) is 0. The Morgan fingerprint density at radius 2 is 1.44 bits per heavy atom. The van der Waals surface area contributed by atoms with Crippen molar-refractivity contribution in [3.8, 4) is 0 Å². The first-order valence-electron chi connectivity index (χ1n) is 6.12. The van der Waals surface area contributed by atoms with E-state index in [2.05, 4.69) is 47.6 Å². The number of rotatable bonds is 2. The molecule has 0 atom stereocenters. The van der Waals surface area contributed by atoms with Crippen LogP contribution >= 0.6 is 0 Å². The molecule has 0 N–H and O–H groups in total. The molecule has 96 valence electrons. The number of hydrogen-bond acceptors (Lipinski definition) is 4. The molecule has 0 amide bonds. The lowest BCUT2D eigenvalue weighted by Gasteiger charge is -1.99. The first-order valence-corrected chi connectivity index (χ1v) is 6.12. The zero-order valence-corrected chi connectivity index (χ0v) is 11.4. The van der Waals surface area contributed by atoms with Gasteiger partial charge in [0, 0.05) is 31.0 Å². The highest BCUT2D eigenvalue weighted by molar-refractivity contribution is 5.06. The molecule has 4 heteroatoms. The monoisotopic (exact) mass is 244 g/mol. The van der Waals surface area contributed by atoms with Gasteiger partial charge in [0.1, 0.15) is 6.33 Å². The van der Waals surface area contributed by atoms with E-state index in [0.29, 0.717) is 11.8 Å². The molecule has 0 unspecified atom stereocenters. The third-order valence-electron chi connectivity index (χ3n) is 2.42. The van der Waals surface area contributed by atoms with Crippen molar-refractivity contribution in [2.45, 2.75) is 39.5 Å². The van der Waals surface area contributed by atoms with E-state index in [-0.39, 0.29) is 0 Å². The minimum absolute atomic E-state index is 0.485. The van der Waals surface area contributed by atoms with Crippen LogP contribution in [0, 0.1) is 0 Å². The molecule has 0 aromatic carbocycles. The first kappa shape index (κ1) is 14.2. The molecule has 0 radical (unpaired) electrons. The average Bonchev–Trinajstić information content (AvgIpc) is 2.41. The molecular weight excluding hydrogens is 224 g/mol. The predicted octanol–water partition coefficient (Wildman–Crippen LogP) is 3.20. The van der Waals surface area contributed by atoms with Gasteiger partial charge >= 0.3 is 0 Å². The average molecular weight is 244 g/mol. The van der Waals surface area contributed by atoms with Crippen LogP contribution in [-0.4, -0.2) is 19.9 Å². The van der Waals surface area contributed by atoms with Crippen molar-refractivity contribution in [1.82, 2.24) is 19.9 Å². The molecule has 18 heavy (non-hydrogen) atoms.